The van der Waals surface area contributed by atoms with Crippen molar-refractivity contribution in [3.8, 4) is 0 Å². The van der Waals surface area contributed by atoms with Gasteiger partial charge < -0.3 is 5.32 Å². The van der Waals surface area contributed by atoms with E-state index in [1.165, 1.54) is 6.92 Å². The molecule has 0 aliphatic carbocycles. The number of amides is 2. The topological polar surface area (TPSA) is 62.3 Å². The third-order valence-corrected chi connectivity index (χ3v) is 4.45. The average molecular weight is 344 g/mol. The van der Waals surface area contributed by atoms with E-state index in [4.69, 9.17) is 11.6 Å². The van der Waals surface area contributed by atoms with Crippen LogP contribution < -0.4 is 10.2 Å². The highest BCUT2D eigenvalue weighted by atomic mass is 35.5. The molecule has 0 fully saturated rings. The monoisotopic (exact) mass is 343 g/mol. The largest absolute Gasteiger partial charge is 0.352 e. The summed E-state index contributed by atoms with van der Waals surface area (Å²) in [5.74, 6) is -0.190. The number of halogens is 1. The van der Waals surface area contributed by atoms with E-state index >= 15 is 0 Å². The fraction of sp³-hybridized carbons (Fsp3) is 0.278. The number of carbonyl (C=O) groups excluding carboxylic acids is 2. The number of hydrogen-bond donors (Lipinski definition) is 1. The fourth-order valence-electron chi connectivity index (χ4n) is 3.06. The molecular weight excluding hydrogens is 326 g/mol. The van der Waals surface area contributed by atoms with E-state index in [1.54, 1.807) is 29.4 Å². The van der Waals surface area contributed by atoms with Crippen molar-refractivity contribution in [1.82, 2.24) is 10.3 Å². The molecule has 0 bridgehead atoms. The molecule has 0 unspecified atom stereocenters. The second-order valence-electron chi connectivity index (χ2n) is 6.35. The van der Waals surface area contributed by atoms with Gasteiger partial charge in [-0.05, 0) is 49.2 Å². The number of nitrogens with zero attached hydrogens (tertiary/aromatic N) is 2. The lowest BCUT2D eigenvalue weighted by Crippen LogP contribution is -2.39. The first-order chi connectivity index (χ1) is 11.3. The number of rotatable bonds is 3. The maximum absolute atomic E-state index is 12.9. The van der Waals surface area contributed by atoms with Gasteiger partial charge in [0.05, 0.1) is 17.4 Å². The Kier molecular flexibility index (Phi) is 4.05. The first kappa shape index (κ1) is 16.5. The lowest BCUT2D eigenvalue weighted by molar-refractivity contribution is -0.119. The summed E-state index contributed by atoms with van der Waals surface area (Å²) in [4.78, 5) is 29.9. The highest BCUT2D eigenvalue weighted by molar-refractivity contribution is 6.31. The molecule has 6 heteroatoms. The smallest absolute Gasteiger partial charge is 0.259 e. The molecule has 2 amide bonds. The zero-order valence-corrected chi connectivity index (χ0v) is 14.5. The van der Waals surface area contributed by atoms with Crippen molar-refractivity contribution in [2.24, 2.45) is 0 Å². The van der Waals surface area contributed by atoms with Crippen molar-refractivity contribution in [3.63, 3.8) is 0 Å². The maximum atomic E-state index is 12.9. The molecular formula is C18H18ClN3O2. The second-order valence-corrected chi connectivity index (χ2v) is 6.79. The quantitative estimate of drug-likeness (QED) is 0.930. The zero-order chi connectivity index (χ0) is 17.5. The molecule has 1 aromatic heterocycles. The van der Waals surface area contributed by atoms with Crippen LogP contribution >= 0.6 is 11.6 Å². The molecule has 3 rings (SSSR count). The van der Waals surface area contributed by atoms with E-state index in [0.717, 1.165) is 11.1 Å². The lowest BCUT2D eigenvalue weighted by Gasteiger charge is -2.32. The van der Waals surface area contributed by atoms with Crippen LogP contribution in [0.25, 0.3) is 0 Å². The summed E-state index contributed by atoms with van der Waals surface area (Å²) >= 11 is 6.11. The van der Waals surface area contributed by atoms with Crippen LogP contribution in [0, 0.1) is 0 Å². The van der Waals surface area contributed by atoms with Crippen LogP contribution in [0.3, 0.4) is 0 Å². The number of carbonyl (C=O) groups is 2. The minimum absolute atomic E-state index is 0.0786. The minimum Gasteiger partial charge on any atom is -0.352 e. The van der Waals surface area contributed by atoms with E-state index in [0.29, 0.717) is 22.8 Å². The van der Waals surface area contributed by atoms with Gasteiger partial charge in [0.2, 0.25) is 5.91 Å². The van der Waals surface area contributed by atoms with Crippen molar-refractivity contribution in [2.75, 3.05) is 4.90 Å². The Hall–Kier alpha value is -2.40. The van der Waals surface area contributed by atoms with E-state index in [9.17, 15) is 9.59 Å². The average Bonchev–Trinajstić information content (AvgIpc) is 2.72. The number of nitrogens with one attached hydrogen (secondary N) is 1. The molecule has 5 nitrogen and oxygen atoms in total. The van der Waals surface area contributed by atoms with Crippen LogP contribution in [0.1, 0.15) is 42.3 Å². The van der Waals surface area contributed by atoms with Crippen molar-refractivity contribution >= 4 is 29.1 Å². The van der Waals surface area contributed by atoms with E-state index in [1.807, 2.05) is 26.0 Å². The summed E-state index contributed by atoms with van der Waals surface area (Å²) in [5, 5.41) is 3.34. The van der Waals surface area contributed by atoms with Gasteiger partial charge in [-0.25, -0.2) is 0 Å². The fourth-order valence-corrected chi connectivity index (χ4v) is 3.24. The Morgan fingerprint density at radius 2 is 2.04 bits per heavy atom. The van der Waals surface area contributed by atoms with Crippen molar-refractivity contribution in [2.45, 2.75) is 32.9 Å². The van der Waals surface area contributed by atoms with E-state index < -0.39 is 5.54 Å². The number of anilines is 1. The predicted octanol–water partition coefficient (Wildman–Crippen LogP) is 3.27. The molecule has 1 aliphatic heterocycles. The lowest BCUT2D eigenvalue weighted by atomic mass is 9.93. The molecule has 2 aromatic rings. The van der Waals surface area contributed by atoms with Crippen LogP contribution in [0.15, 0.2) is 36.7 Å². The molecule has 24 heavy (non-hydrogen) atoms. The van der Waals surface area contributed by atoms with Crippen LogP contribution in [-0.4, -0.2) is 16.8 Å². The van der Waals surface area contributed by atoms with Crippen LogP contribution in [0.4, 0.5) is 5.69 Å². The minimum atomic E-state index is -0.536. The number of aromatic nitrogens is 1. The Morgan fingerprint density at radius 1 is 1.29 bits per heavy atom. The molecule has 2 heterocycles. The first-order valence-corrected chi connectivity index (χ1v) is 8.01. The summed E-state index contributed by atoms with van der Waals surface area (Å²) in [6.45, 7) is 5.79. The SMILES string of the molecule is CC(=O)NCc1cncc(N2C(=O)c3ccc(Cl)cc3C2(C)C)c1. The Bertz CT molecular complexity index is 833. The second kappa shape index (κ2) is 5.91. The number of hydrogen-bond acceptors (Lipinski definition) is 3. The molecule has 0 saturated carbocycles. The number of fused-ring (bicyclic) bond motifs is 1. The molecule has 1 N–H and O–H groups in total. The van der Waals surface area contributed by atoms with Gasteiger partial charge >= 0.3 is 0 Å². The van der Waals surface area contributed by atoms with E-state index in [-0.39, 0.29) is 11.8 Å². The molecule has 1 aromatic carbocycles. The van der Waals surface area contributed by atoms with Crippen molar-refractivity contribution in [3.05, 3.63) is 58.4 Å². The van der Waals surface area contributed by atoms with Gasteiger partial charge in [-0.2, -0.15) is 0 Å². The summed E-state index contributed by atoms with van der Waals surface area (Å²) in [6, 6.07) is 7.19. The van der Waals surface area contributed by atoms with Crippen molar-refractivity contribution in [1.29, 1.82) is 0 Å². The molecule has 0 spiro atoms. The summed E-state index contributed by atoms with van der Waals surface area (Å²) < 4.78 is 0. The zero-order valence-electron chi connectivity index (χ0n) is 13.8. The molecule has 0 saturated heterocycles. The number of benzene rings is 1. The van der Waals surface area contributed by atoms with Crippen LogP contribution in [0.5, 0.6) is 0 Å². The molecule has 0 radical (unpaired) electrons. The van der Waals surface area contributed by atoms with Gasteiger partial charge in [0.15, 0.2) is 0 Å². The van der Waals surface area contributed by atoms with Gasteiger partial charge in [-0.15, -0.1) is 0 Å². The number of pyridine rings is 1. The third-order valence-electron chi connectivity index (χ3n) is 4.21. The standard InChI is InChI=1S/C18H18ClN3O2/c1-11(23)21-9-12-6-14(10-20-8-12)22-17(24)15-5-4-13(19)7-16(15)18(22,2)3/h4-8,10H,9H2,1-3H3,(H,21,23). The van der Waals surface area contributed by atoms with Crippen LogP contribution in [-0.2, 0) is 16.9 Å². The third kappa shape index (κ3) is 2.76. The Balaban J connectivity index is 2.00. The predicted molar refractivity (Wildman–Crippen MR) is 93.0 cm³/mol. The summed E-state index contributed by atoms with van der Waals surface area (Å²) in [6.07, 6.45) is 3.33. The summed E-state index contributed by atoms with van der Waals surface area (Å²) in [5.41, 5.74) is 2.54. The molecule has 0 atom stereocenters. The van der Waals surface area contributed by atoms with Gasteiger partial charge in [0.25, 0.3) is 5.91 Å². The van der Waals surface area contributed by atoms with Gasteiger partial charge in [-0.3, -0.25) is 19.5 Å². The Morgan fingerprint density at radius 3 is 2.75 bits per heavy atom. The highest BCUT2D eigenvalue weighted by Gasteiger charge is 2.44. The van der Waals surface area contributed by atoms with E-state index in [2.05, 4.69) is 10.3 Å². The van der Waals surface area contributed by atoms with Gasteiger partial charge in [0, 0.05) is 30.3 Å². The molecule has 124 valence electrons. The van der Waals surface area contributed by atoms with Gasteiger partial charge in [-0.1, -0.05) is 11.6 Å². The first-order valence-electron chi connectivity index (χ1n) is 7.63. The normalized spacial score (nSPS) is 15.3. The maximum Gasteiger partial charge on any atom is 0.259 e. The Labute approximate surface area is 145 Å². The van der Waals surface area contributed by atoms with Crippen LogP contribution in [0.2, 0.25) is 5.02 Å². The summed E-state index contributed by atoms with van der Waals surface area (Å²) in [7, 11) is 0. The van der Waals surface area contributed by atoms with Crippen molar-refractivity contribution < 1.29 is 9.59 Å². The van der Waals surface area contributed by atoms with Gasteiger partial charge in [0.1, 0.15) is 0 Å². The highest BCUT2D eigenvalue weighted by Crippen LogP contribution is 2.42. The molecule has 1 aliphatic rings.